The maximum atomic E-state index is 13.0. The van der Waals surface area contributed by atoms with Gasteiger partial charge >= 0.3 is 5.69 Å². The van der Waals surface area contributed by atoms with Crippen LogP contribution in [0.2, 0.25) is 0 Å². The number of carbonyl (C=O) groups excluding carboxylic acids is 1. The quantitative estimate of drug-likeness (QED) is 0.339. The fourth-order valence-corrected chi connectivity index (χ4v) is 4.44. The molecule has 0 bridgehead atoms. The number of imidazole rings is 2. The molecule has 0 spiro atoms. The molecule has 5 rings (SSSR count). The first-order chi connectivity index (χ1) is 15.6. The van der Waals surface area contributed by atoms with E-state index < -0.39 is 0 Å². The summed E-state index contributed by atoms with van der Waals surface area (Å²) >= 11 is 3.48. The third-order valence-corrected chi connectivity index (χ3v) is 6.28. The summed E-state index contributed by atoms with van der Waals surface area (Å²) in [7, 11) is 0. The van der Waals surface area contributed by atoms with E-state index in [0.29, 0.717) is 18.8 Å². The lowest BCUT2D eigenvalue weighted by atomic mass is 10.1. The van der Waals surface area contributed by atoms with Gasteiger partial charge < -0.3 is 15.2 Å². The van der Waals surface area contributed by atoms with E-state index in [0.717, 1.165) is 58.4 Å². The van der Waals surface area contributed by atoms with Gasteiger partial charge in [0.1, 0.15) is 5.82 Å². The van der Waals surface area contributed by atoms with Crippen molar-refractivity contribution in [1.82, 2.24) is 24.4 Å². The smallest absolute Gasteiger partial charge is 0.332 e. The largest absolute Gasteiger partial charge is 0.370 e. The number of nitrogens with zero attached hydrogens (tertiary/aromatic N) is 3. The maximum Gasteiger partial charge on any atom is 0.332 e. The highest BCUT2D eigenvalue weighted by molar-refractivity contribution is 9.10. The van der Waals surface area contributed by atoms with E-state index in [1.165, 1.54) is 0 Å². The van der Waals surface area contributed by atoms with Crippen molar-refractivity contribution in [1.29, 1.82) is 0 Å². The summed E-state index contributed by atoms with van der Waals surface area (Å²) in [6, 6.07) is 13.6. The van der Waals surface area contributed by atoms with Gasteiger partial charge in [0.05, 0.1) is 28.7 Å². The second-order valence-corrected chi connectivity index (χ2v) is 8.78. The second-order valence-electron chi connectivity index (χ2n) is 7.86. The lowest BCUT2D eigenvalue weighted by Gasteiger charge is -2.16. The van der Waals surface area contributed by atoms with Gasteiger partial charge in [0.15, 0.2) is 0 Å². The number of halogens is 1. The number of amides is 1. The number of rotatable bonds is 7. The maximum absolute atomic E-state index is 13.0. The fraction of sp³-hybridized carbons (Fsp3) is 0.261. The summed E-state index contributed by atoms with van der Waals surface area (Å²) in [5.41, 5.74) is 3.90. The van der Waals surface area contributed by atoms with Gasteiger partial charge in [-0.1, -0.05) is 28.1 Å². The van der Waals surface area contributed by atoms with Crippen molar-refractivity contribution >= 4 is 38.7 Å². The van der Waals surface area contributed by atoms with Crippen molar-refractivity contribution in [3.05, 3.63) is 63.7 Å². The molecular weight excluding hydrogens is 472 g/mol. The molecule has 164 valence electrons. The highest BCUT2D eigenvalue weighted by Crippen LogP contribution is 2.30. The Balaban J connectivity index is 1.47. The van der Waals surface area contributed by atoms with Gasteiger partial charge in [-0.25, -0.2) is 9.78 Å². The van der Waals surface area contributed by atoms with Crippen LogP contribution >= 0.6 is 15.9 Å². The Morgan fingerprint density at radius 3 is 2.75 bits per heavy atom. The number of hydrogen-bond acceptors (Lipinski definition) is 4. The Bertz CT molecular complexity index is 1320. The first-order valence-electron chi connectivity index (χ1n) is 10.7. The van der Waals surface area contributed by atoms with E-state index in [-0.39, 0.29) is 11.6 Å². The average molecular weight is 495 g/mol. The molecule has 2 aromatic heterocycles. The fourth-order valence-electron chi connectivity index (χ4n) is 4.18. The van der Waals surface area contributed by atoms with Crippen molar-refractivity contribution in [3.63, 3.8) is 0 Å². The van der Waals surface area contributed by atoms with E-state index in [1.54, 1.807) is 10.9 Å². The highest BCUT2D eigenvalue weighted by Gasteiger charge is 2.20. The molecule has 0 unspecified atom stereocenters. The summed E-state index contributed by atoms with van der Waals surface area (Å²) < 4.78 is 2.64. The van der Waals surface area contributed by atoms with Gasteiger partial charge in [0.2, 0.25) is 5.91 Å². The van der Waals surface area contributed by atoms with Gasteiger partial charge in [0.25, 0.3) is 0 Å². The van der Waals surface area contributed by atoms with Gasteiger partial charge in [-0.3, -0.25) is 14.3 Å². The Morgan fingerprint density at radius 2 is 1.97 bits per heavy atom. The number of benzene rings is 2. The molecule has 1 aliphatic rings. The third-order valence-electron chi connectivity index (χ3n) is 5.75. The van der Waals surface area contributed by atoms with Gasteiger partial charge in [0, 0.05) is 36.1 Å². The molecule has 1 saturated heterocycles. The van der Waals surface area contributed by atoms with Crippen LogP contribution in [0.15, 0.2) is 58.1 Å². The molecule has 0 atom stereocenters. The van der Waals surface area contributed by atoms with Gasteiger partial charge in [-0.15, -0.1) is 0 Å². The number of hydrogen-bond donors (Lipinski definition) is 3. The number of fused-ring (bicyclic) bond motifs is 1. The molecule has 3 heterocycles. The Morgan fingerprint density at radius 1 is 1.12 bits per heavy atom. The first-order valence-corrected chi connectivity index (χ1v) is 11.5. The molecule has 4 aromatic rings. The zero-order valence-corrected chi connectivity index (χ0v) is 19.0. The molecule has 0 aliphatic carbocycles. The van der Waals surface area contributed by atoms with Crippen LogP contribution < -0.4 is 11.0 Å². The molecule has 0 saturated carbocycles. The zero-order chi connectivity index (χ0) is 22.1. The van der Waals surface area contributed by atoms with E-state index >= 15 is 0 Å². The van der Waals surface area contributed by atoms with E-state index in [4.69, 9.17) is 0 Å². The van der Waals surface area contributed by atoms with Crippen LogP contribution in [-0.2, 0) is 4.79 Å². The number of carbonyl (C=O) groups is 1. The summed E-state index contributed by atoms with van der Waals surface area (Å²) in [5, 5.41) is 3.38. The molecule has 32 heavy (non-hydrogen) atoms. The van der Waals surface area contributed by atoms with E-state index in [9.17, 15) is 9.59 Å². The number of anilines is 1. The summed E-state index contributed by atoms with van der Waals surface area (Å²) in [6.45, 7) is 2.21. The minimum atomic E-state index is -0.223. The van der Waals surface area contributed by atoms with Crippen LogP contribution in [0.4, 0.5) is 5.82 Å². The Labute approximate surface area is 192 Å². The molecule has 0 radical (unpaired) electrons. The predicted octanol–water partition coefficient (Wildman–Crippen LogP) is 3.90. The predicted molar refractivity (Wildman–Crippen MR) is 128 cm³/mol. The van der Waals surface area contributed by atoms with Crippen molar-refractivity contribution in [2.75, 3.05) is 25.0 Å². The standard InChI is InChI=1S/C23H23BrN6O2/c24-16-6-4-15(5-7-16)21-22(25-10-2-12-29-11-1-3-20(29)31)28-23(32)30(21)17-8-9-18-19(13-17)27-14-26-18/h4-9,13-14,25H,1-3,10-12H2,(H,26,27)(H,28,32). The van der Waals surface area contributed by atoms with Crippen LogP contribution in [0.3, 0.4) is 0 Å². The average Bonchev–Trinajstić information content (AvgIpc) is 3.50. The van der Waals surface area contributed by atoms with Crippen LogP contribution in [-0.4, -0.2) is 50.0 Å². The van der Waals surface area contributed by atoms with E-state index in [1.807, 2.05) is 47.4 Å². The molecule has 9 heteroatoms. The van der Waals surface area contributed by atoms with Crippen LogP contribution in [0, 0.1) is 0 Å². The first kappa shape index (κ1) is 20.6. The van der Waals surface area contributed by atoms with Crippen LogP contribution in [0.1, 0.15) is 19.3 Å². The Kier molecular flexibility index (Phi) is 5.57. The molecule has 3 N–H and O–H groups in total. The molecule has 1 fully saturated rings. The minimum Gasteiger partial charge on any atom is -0.370 e. The molecule has 2 aromatic carbocycles. The molecule has 1 amide bonds. The lowest BCUT2D eigenvalue weighted by Crippen LogP contribution is -2.27. The molecule has 1 aliphatic heterocycles. The zero-order valence-electron chi connectivity index (χ0n) is 17.4. The lowest BCUT2D eigenvalue weighted by molar-refractivity contribution is -0.127. The van der Waals surface area contributed by atoms with Crippen molar-refractivity contribution < 1.29 is 4.79 Å². The highest BCUT2D eigenvalue weighted by atomic mass is 79.9. The van der Waals surface area contributed by atoms with Gasteiger partial charge in [-0.05, 0) is 43.2 Å². The van der Waals surface area contributed by atoms with Gasteiger partial charge in [-0.2, -0.15) is 0 Å². The molecule has 8 nitrogen and oxygen atoms in total. The summed E-state index contributed by atoms with van der Waals surface area (Å²) in [4.78, 5) is 37.1. The second kappa shape index (κ2) is 8.66. The van der Waals surface area contributed by atoms with Crippen molar-refractivity contribution in [2.45, 2.75) is 19.3 Å². The third kappa shape index (κ3) is 3.95. The molecular formula is C23H23BrN6O2. The van der Waals surface area contributed by atoms with E-state index in [2.05, 4.69) is 36.2 Å². The summed E-state index contributed by atoms with van der Waals surface area (Å²) in [5.74, 6) is 0.893. The monoisotopic (exact) mass is 494 g/mol. The normalized spacial score (nSPS) is 13.9. The van der Waals surface area contributed by atoms with Crippen molar-refractivity contribution in [2.24, 2.45) is 0 Å². The van der Waals surface area contributed by atoms with Crippen LogP contribution in [0.5, 0.6) is 0 Å². The Hall–Kier alpha value is -3.33. The number of nitrogens with one attached hydrogen (secondary N) is 3. The topological polar surface area (TPSA) is 98.8 Å². The number of aromatic nitrogens is 4. The SMILES string of the molecule is O=C1CCCN1CCCNc1[nH]c(=O)n(-c2ccc3nc[nH]c3c2)c1-c1ccc(Br)cc1. The van der Waals surface area contributed by atoms with Crippen molar-refractivity contribution in [3.8, 4) is 16.9 Å². The number of aromatic amines is 2. The number of H-pyrrole nitrogens is 2. The minimum absolute atomic E-state index is 0.223. The number of likely N-dealkylation sites (tertiary alicyclic amines) is 1. The van der Waals surface area contributed by atoms with Crippen LogP contribution in [0.25, 0.3) is 28.0 Å². The summed E-state index contributed by atoms with van der Waals surface area (Å²) in [6.07, 6.45) is 4.04.